The summed E-state index contributed by atoms with van der Waals surface area (Å²) in [6.07, 6.45) is 7.60. The second-order valence-corrected chi connectivity index (χ2v) is 3.87. The highest BCUT2D eigenvalue weighted by Crippen LogP contribution is 2.09. The Morgan fingerprint density at radius 3 is 2.67 bits per heavy atom. The third-order valence-corrected chi connectivity index (χ3v) is 2.67. The van der Waals surface area contributed by atoms with E-state index in [1.54, 1.807) is 0 Å². The molecule has 0 saturated heterocycles. The van der Waals surface area contributed by atoms with Crippen LogP contribution in [0.5, 0.6) is 0 Å². The number of aromatic amines is 2. The fourth-order valence-electron chi connectivity index (χ4n) is 1.75. The zero-order chi connectivity index (χ0) is 12.2. The van der Waals surface area contributed by atoms with Gasteiger partial charge in [-0.15, -0.1) is 0 Å². The predicted molar refractivity (Wildman–Crippen MR) is 72.1 cm³/mol. The number of fused-ring (bicyclic) bond motifs is 2. The van der Waals surface area contributed by atoms with E-state index in [1.807, 2.05) is 48.7 Å². The maximum absolute atomic E-state index is 3.94. The highest BCUT2D eigenvalue weighted by atomic mass is 14.9. The lowest BCUT2D eigenvalue weighted by atomic mass is 10.2. The first kappa shape index (κ1) is 10.6. The molecule has 2 aromatic carbocycles. The molecule has 0 atom stereocenters. The van der Waals surface area contributed by atoms with E-state index in [2.05, 4.69) is 33.5 Å². The van der Waals surface area contributed by atoms with Crippen LogP contribution in [-0.4, -0.2) is 15.0 Å². The third kappa shape index (κ3) is 2.11. The van der Waals surface area contributed by atoms with Crippen LogP contribution in [0.25, 0.3) is 21.8 Å². The predicted octanol–water partition coefficient (Wildman–Crippen LogP) is 3.33. The van der Waals surface area contributed by atoms with E-state index in [0.29, 0.717) is 0 Å². The Morgan fingerprint density at radius 1 is 0.944 bits per heavy atom. The fourth-order valence-corrected chi connectivity index (χ4v) is 1.75. The van der Waals surface area contributed by atoms with Crippen molar-refractivity contribution in [2.24, 2.45) is 0 Å². The van der Waals surface area contributed by atoms with E-state index in [-0.39, 0.29) is 0 Å². The van der Waals surface area contributed by atoms with Gasteiger partial charge in [-0.1, -0.05) is 36.4 Å². The van der Waals surface area contributed by atoms with E-state index >= 15 is 0 Å². The van der Waals surface area contributed by atoms with Gasteiger partial charge < -0.3 is 9.97 Å². The average molecular weight is 233 g/mol. The summed E-state index contributed by atoms with van der Waals surface area (Å²) >= 11 is 0. The van der Waals surface area contributed by atoms with Gasteiger partial charge in [-0.25, -0.2) is 4.98 Å². The zero-order valence-corrected chi connectivity index (χ0v) is 9.64. The largest absolute Gasteiger partial charge is 0.359 e. The minimum absolute atomic E-state index is 0.970. The normalized spacial score (nSPS) is 10.2. The van der Waals surface area contributed by atoms with Crippen molar-refractivity contribution in [1.29, 1.82) is 0 Å². The van der Waals surface area contributed by atoms with E-state index < -0.39 is 0 Å². The zero-order valence-electron chi connectivity index (χ0n) is 9.64. The van der Waals surface area contributed by atoms with Gasteiger partial charge in [0, 0.05) is 11.6 Å². The molecular formula is C15H11N3. The lowest BCUT2D eigenvalue weighted by Crippen LogP contribution is -1.63. The number of hydrogen-bond acceptors (Lipinski definition) is 1. The molecule has 86 valence electrons. The van der Waals surface area contributed by atoms with Crippen molar-refractivity contribution in [3.63, 3.8) is 0 Å². The Balaban J connectivity index is 0.000000111. The molecule has 0 saturated carbocycles. The van der Waals surface area contributed by atoms with Crippen molar-refractivity contribution in [3.8, 4) is 0 Å². The molecule has 0 aliphatic carbocycles. The van der Waals surface area contributed by atoms with Gasteiger partial charge in [0.2, 0.25) is 0 Å². The monoisotopic (exact) mass is 233 g/mol. The van der Waals surface area contributed by atoms with E-state index in [4.69, 9.17) is 0 Å². The Hall–Kier alpha value is -2.55. The van der Waals surface area contributed by atoms with Gasteiger partial charge in [-0.2, -0.15) is 0 Å². The number of H-pyrrole nitrogens is 2. The number of aromatic nitrogens is 3. The molecule has 0 fully saturated rings. The summed E-state index contributed by atoms with van der Waals surface area (Å²) in [7, 11) is 0. The summed E-state index contributed by atoms with van der Waals surface area (Å²) in [5.41, 5.74) is 2.01. The maximum Gasteiger partial charge on any atom is 0.174 e. The molecule has 2 aromatic heterocycles. The van der Waals surface area contributed by atoms with Gasteiger partial charge in [0.25, 0.3) is 0 Å². The SMILES string of the molecule is [c]1[nH]cc2ccccc12.[c]1nc2ccccc2[nH]1. The van der Waals surface area contributed by atoms with Crippen molar-refractivity contribution >= 4 is 21.8 Å². The average Bonchev–Trinajstić information content (AvgIpc) is 3.08. The number of imidazole rings is 1. The van der Waals surface area contributed by atoms with Crippen molar-refractivity contribution < 1.29 is 0 Å². The second-order valence-electron chi connectivity index (χ2n) is 3.87. The van der Waals surface area contributed by atoms with Gasteiger partial charge in [0.15, 0.2) is 6.33 Å². The number of rotatable bonds is 0. The highest BCUT2D eigenvalue weighted by molar-refractivity contribution is 5.80. The molecule has 0 bridgehead atoms. The molecule has 18 heavy (non-hydrogen) atoms. The van der Waals surface area contributed by atoms with Crippen LogP contribution in [0.2, 0.25) is 0 Å². The van der Waals surface area contributed by atoms with Crippen molar-refractivity contribution in [2.45, 2.75) is 0 Å². The van der Waals surface area contributed by atoms with Gasteiger partial charge in [0.1, 0.15) is 0 Å². The fraction of sp³-hybridized carbons (Fsp3) is 0. The van der Waals surface area contributed by atoms with Gasteiger partial charge in [-0.3, -0.25) is 0 Å². The standard InChI is InChI=1S/C8H6N.C7H5N2/c1-2-4-8-6-9-5-7(8)3-1;1-2-4-7-6(3-1)8-5-9-7/h1-5,9H;1-4H,(H,8,9). The molecule has 0 aliphatic rings. The number of benzene rings is 2. The summed E-state index contributed by atoms with van der Waals surface area (Å²) in [4.78, 5) is 9.73. The van der Waals surface area contributed by atoms with Crippen LogP contribution in [0.4, 0.5) is 0 Å². The minimum atomic E-state index is 0.970. The van der Waals surface area contributed by atoms with Crippen LogP contribution in [-0.2, 0) is 0 Å². The quantitative estimate of drug-likeness (QED) is 0.480. The van der Waals surface area contributed by atoms with Gasteiger partial charge in [-0.05, 0) is 17.5 Å². The molecule has 0 aliphatic heterocycles. The lowest BCUT2D eigenvalue weighted by molar-refractivity contribution is 1.32. The molecule has 2 radical (unpaired) electrons. The summed E-state index contributed by atoms with van der Waals surface area (Å²) in [5, 5.41) is 2.37. The molecule has 3 heteroatoms. The van der Waals surface area contributed by atoms with Gasteiger partial charge >= 0.3 is 0 Å². The number of nitrogens with zero attached hydrogens (tertiary/aromatic N) is 1. The molecule has 4 rings (SSSR count). The summed E-state index contributed by atoms with van der Waals surface area (Å²) < 4.78 is 0. The Kier molecular flexibility index (Phi) is 2.80. The first-order valence-electron chi connectivity index (χ1n) is 5.68. The first-order chi connectivity index (χ1) is 8.93. The van der Waals surface area contributed by atoms with E-state index in [0.717, 1.165) is 16.4 Å². The Bertz CT molecular complexity index is 626. The molecule has 3 nitrogen and oxygen atoms in total. The van der Waals surface area contributed by atoms with Gasteiger partial charge in [0.05, 0.1) is 17.2 Å². The Labute approximate surface area is 104 Å². The number of hydrogen-bond donors (Lipinski definition) is 2. The molecular weight excluding hydrogens is 222 g/mol. The van der Waals surface area contributed by atoms with Crippen LogP contribution in [0.1, 0.15) is 0 Å². The van der Waals surface area contributed by atoms with Crippen molar-refractivity contribution in [2.75, 3.05) is 0 Å². The molecule has 2 heterocycles. The molecule has 0 amide bonds. The van der Waals surface area contributed by atoms with Crippen molar-refractivity contribution in [3.05, 3.63) is 67.3 Å². The van der Waals surface area contributed by atoms with Crippen LogP contribution in [0.3, 0.4) is 0 Å². The smallest absolute Gasteiger partial charge is 0.174 e. The molecule has 4 aromatic rings. The van der Waals surface area contributed by atoms with Crippen LogP contribution in [0.15, 0.2) is 54.7 Å². The molecule has 2 N–H and O–H groups in total. The lowest BCUT2D eigenvalue weighted by Gasteiger charge is -1.81. The topological polar surface area (TPSA) is 44.5 Å². The number of para-hydroxylation sites is 2. The highest BCUT2D eigenvalue weighted by Gasteiger charge is 1.89. The summed E-state index contributed by atoms with van der Waals surface area (Å²) in [6, 6.07) is 16.0. The minimum Gasteiger partial charge on any atom is -0.359 e. The van der Waals surface area contributed by atoms with E-state index in [9.17, 15) is 0 Å². The summed E-state index contributed by atoms with van der Waals surface area (Å²) in [5.74, 6) is 0. The van der Waals surface area contributed by atoms with Crippen LogP contribution < -0.4 is 0 Å². The number of nitrogens with one attached hydrogen (secondary N) is 2. The first-order valence-corrected chi connectivity index (χ1v) is 5.68. The van der Waals surface area contributed by atoms with Crippen LogP contribution in [0, 0.1) is 12.5 Å². The van der Waals surface area contributed by atoms with Crippen molar-refractivity contribution in [1.82, 2.24) is 15.0 Å². The molecule has 0 spiro atoms. The van der Waals surface area contributed by atoms with Crippen LogP contribution >= 0.6 is 0 Å². The second kappa shape index (κ2) is 4.75. The maximum atomic E-state index is 3.94. The summed E-state index contributed by atoms with van der Waals surface area (Å²) in [6.45, 7) is 0. The molecule has 0 unspecified atom stereocenters. The Morgan fingerprint density at radius 2 is 1.78 bits per heavy atom. The third-order valence-electron chi connectivity index (χ3n) is 2.67. The van der Waals surface area contributed by atoms with E-state index in [1.165, 1.54) is 5.39 Å².